The van der Waals surface area contributed by atoms with Crippen molar-refractivity contribution in [3.05, 3.63) is 70.3 Å². The maximum absolute atomic E-state index is 13.8. The van der Waals surface area contributed by atoms with E-state index >= 15 is 0 Å². The third-order valence-electron chi connectivity index (χ3n) is 3.03. The molecule has 0 N–H and O–H groups in total. The van der Waals surface area contributed by atoms with E-state index < -0.39 is 11.6 Å². The highest BCUT2D eigenvalue weighted by molar-refractivity contribution is 9.09. The first kappa shape index (κ1) is 13.2. The van der Waals surface area contributed by atoms with Gasteiger partial charge >= 0.3 is 0 Å². The first-order valence-corrected chi connectivity index (χ1v) is 6.57. The van der Waals surface area contributed by atoms with Crippen LogP contribution in [0.1, 0.15) is 27.1 Å². The van der Waals surface area contributed by atoms with Gasteiger partial charge in [-0.1, -0.05) is 34.1 Å². The van der Waals surface area contributed by atoms with E-state index in [1.165, 1.54) is 6.07 Å². The van der Waals surface area contributed by atoms with Gasteiger partial charge in [0.05, 0.1) is 4.83 Å². The minimum atomic E-state index is -0.429. The molecular formula is C15H13BrF2. The van der Waals surface area contributed by atoms with Gasteiger partial charge in [0.25, 0.3) is 0 Å². The molecule has 0 bridgehead atoms. The first-order valence-electron chi connectivity index (χ1n) is 5.66. The van der Waals surface area contributed by atoms with Crippen LogP contribution in [0, 0.1) is 25.5 Å². The van der Waals surface area contributed by atoms with Gasteiger partial charge in [0.15, 0.2) is 0 Å². The van der Waals surface area contributed by atoms with Crippen molar-refractivity contribution < 1.29 is 8.78 Å². The zero-order valence-electron chi connectivity index (χ0n) is 10.2. The van der Waals surface area contributed by atoms with Crippen molar-refractivity contribution in [2.45, 2.75) is 18.7 Å². The summed E-state index contributed by atoms with van der Waals surface area (Å²) in [4.78, 5) is -0.339. The van der Waals surface area contributed by atoms with E-state index in [9.17, 15) is 8.78 Å². The number of rotatable bonds is 2. The van der Waals surface area contributed by atoms with Gasteiger partial charge in [-0.3, -0.25) is 0 Å². The lowest BCUT2D eigenvalue weighted by molar-refractivity contribution is 0.588. The Hall–Kier alpha value is -1.22. The number of hydrogen-bond donors (Lipinski definition) is 0. The predicted octanol–water partition coefficient (Wildman–Crippen LogP) is 5.07. The van der Waals surface area contributed by atoms with Crippen LogP contribution in [-0.2, 0) is 0 Å². The van der Waals surface area contributed by atoms with E-state index in [2.05, 4.69) is 15.9 Å². The average molecular weight is 311 g/mol. The summed E-state index contributed by atoms with van der Waals surface area (Å²) in [7, 11) is 0. The van der Waals surface area contributed by atoms with Crippen LogP contribution < -0.4 is 0 Å². The topological polar surface area (TPSA) is 0 Å². The Labute approximate surface area is 114 Å². The van der Waals surface area contributed by atoms with E-state index in [1.54, 1.807) is 0 Å². The van der Waals surface area contributed by atoms with Gasteiger partial charge in [-0.2, -0.15) is 0 Å². The Bertz CT molecular complexity index is 558. The number of alkyl halides is 1. The van der Waals surface area contributed by atoms with Gasteiger partial charge < -0.3 is 0 Å². The third-order valence-corrected chi connectivity index (χ3v) is 3.98. The minimum Gasteiger partial charge on any atom is -0.207 e. The Morgan fingerprint density at radius 1 is 1.00 bits per heavy atom. The molecule has 0 aromatic heterocycles. The van der Waals surface area contributed by atoms with Gasteiger partial charge in [0.1, 0.15) is 11.6 Å². The maximum atomic E-state index is 13.8. The molecule has 0 aliphatic heterocycles. The fourth-order valence-corrected chi connectivity index (χ4v) is 3.16. The molecule has 0 amide bonds. The summed E-state index contributed by atoms with van der Waals surface area (Å²) in [6.45, 7) is 3.93. The van der Waals surface area contributed by atoms with E-state index in [1.807, 2.05) is 32.0 Å². The van der Waals surface area contributed by atoms with Gasteiger partial charge in [-0.15, -0.1) is 0 Å². The zero-order valence-corrected chi connectivity index (χ0v) is 11.8. The molecule has 94 valence electrons. The van der Waals surface area contributed by atoms with Crippen LogP contribution >= 0.6 is 15.9 Å². The summed E-state index contributed by atoms with van der Waals surface area (Å²) >= 11 is 3.47. The average Bonchev–Trinajstić information content (AvgIpc) is 2.32. The van der Waals surface area contributed by atoms with Gasteiger partial charge in [-0.05, 0) is 48.7 Å². The molecule has 0 radical (unpaired) electrons. The molecule has 2 rings (SSSR count). The van der Waals surface area contributed by atoms with Crippen molar-refractivity contribution in [1.29, 1.82) is 0 Å². The molecule has 18 heavy (non-hydrogen) atoms. The van der Waals surface area contributed by atoms with E-state index in [-0.39, 0.29) is 4.83 Å². The lowest BCUT2D eigenvalue weighted by Gasteiger charge is -2.17. The largest absolute Gasteiger partial charge is 0.207 e. The van der Waals surface area contributed by atoms with Crippen molar-refractivity contribution >= 4 is 15.9 Å². The molecule has 0 saturated carbocycles. The van der Waals surface area contributed by atoms with E-state index in [0.29, 0.717) is 5.56 Å². The summed E-state index contributed by atoms with van der Waals surface area (Å²) in [6, 6.07) is 9.41. The van der Waals surface area contributed by atoms with Crippen LogP contribution in [0.25, 0.3) is 0 Å². The van der Waals surface area contributed by atoms with Crippen LogP contribution in [0.3, 0.4) is 0 Å². The second kappa shape index (κ2) is 5.19. The molecule has 0 heterocycles. The smallest absolute Gasteiger partial charge is 0.128 e. The molecule has 0 fully saturated rings. The number of halogens is 3. The fraction of sp³-hybridized carbons (Fsp3) is 0.200. The quantitative estimate of drug-likeness (QED) is 0.680. The van der Waals surface area contributed by atoms with E-state index in [0.717, 1.165) is 28.8 Å². The van der Waals surface area contributed by atoms with Crippen LogP contribution in [-0.4, -0.2) is 0 Å². The van der Waals surface area contributed by atoms with Gasteiger partial charge in [-0.25, -0.2) is 8.78 Å². The van der Waals surface area contributed by atoms with Gasteiger partial charge in [0, 0.05) is 5.56 Å². The molecule has 0 spiro atoms. The molecular weight excluding hydrogens is 298 g/mol. The molecule has 3 heteroatoms. The monoisotopic (exact) mass is 310 g/mol. The summed E-state index contributed by atoms with van der Waals surface area (Å²) in [6.07, 6.45) is 0. The summed E-state index contributed by atoms with van der Waals surface area (Å²) in [5, 5.41) is 0. The normalized spacial score (nSPS) is 12.5. The summed E-state index contributed by atoms with van der Waals surface area (Å²) in [5.74, 6) is -0.831. The SMILES string of the molecule is Cc1cccc(C)c1C(Br)c1cc(F)ccc1F. The van der Waals surface area contributed by atoms with Crippen LogP contribution in [0.15, 0.2) is 36.4 Å². The highest BCUT2D eigenvalue weighted by Gasteiger charge is 2.19. The highest BCUT2D eigenvalue weighted by Crippen LogP contribution is 2.36. The van der Waals surface area contributed by atoms with Crippen molar-refractivity contribution in [2.24, 2.45) is 0 Å². The highest BCUT2D eigenvalue weighted by atomic mass is 79.9. The van der Waals surface area contributed by atoms with Crippen LogP contribution in [0.5, 0.6) is 0 Å². The zero-order chi connectivity index (χ0) is 13.3. The Morgan fingerprint density at radius 2 is 1.61 bits per heavy atom. The predicted molar refractivity (Wildman–Crippen MR) is 73.0 cm³/mol. The van der Waals surface area contributed by atoms with E-state index in [4.69, 9.17) is 0 Å². The Kier molecular flexibility index (Phi) is 3.81. The minimum absolute atomic E-state index is 0.326. The molecule has 0 aliphatic rings. The second-order valence-electron chi connectivity index (χ2n) is 4.33. The van der Waals surface area contributed by atoms with Crippen molar-refractivity contribution in [1.82, 2.24) is 0 Å². The standard InChI is InChI=1S/C15H13BrF2/c1-9-4-3-5-10(2)14(9)15(16)12-8-11(17)6-7-13(12)18/h3-8,15H,1-2H3. The van der Waals surface area contributed by atoms with Crippen molar-refractivity contribution in [3.63, 3.8) is 0 Å². The lowest BCUT2D eigenvalue weighted by Crippen LogP contribution is -2.02. The molecule has 0 saturated heterocycles. The van der Waals surface area contributed by atoms with Crippen LogP contribution in [0.4, 0.5) is 8.78 Å². The van der Waals surface area contributed by atoms with Crippen molar-refractivity contribution in [3.8, 4) is 0 Å². The molecule has 1 atom stereocenters. The third kappa shape index (κ3) is 2.46. The first-order chi connectivity index (χ1) is 8.50. The maximum Gasteiger partial charge on any atom is 0.128 e. The second-order valence-corrected chi connectivity index (χ2v) is 5.25. The molecule has 1 unspecified atom stereocenters. The van der Waals surface area contributed by atoms with Gasteiger partial charge in [0.2, 0.25) is 0 Å². The summed E-state index contributed by atoms with van der Waals surface area (Å²) < 4.78 is 27.0. The molecule has 2 aromatic rings. The fourth-order valence-electron chi connectivity index (χ4n) is 2.09. The molecule has 0 aliphatic carbocycles. The summed E-state index contributed by atoms with van der Waals surface area (Å²) in [5.41, 5.74) is 3.43. The van der Waals surface area contributed by atoms with Crippen molar-refractivity contribution in [2.75, 3.05) is 0 Å². The number of benzene rings is 2. The Morgan fingerprint density at radius 3 is 2.22 bits per heavy atom. The Balaban J connectivity index is 2.54. The number of aryl methyl sites for hydroxylation is 2. The molecule has 2 aromatic carbocycles. The lowest BCUT2D eigenvalue weighted by atomic mass is 9.96. The van der Waals surface area contributed by atoms with Crippen LogP contribution in [0.2, 0.25) is 0 Å². The number of hydrogen-bond acceptors (Lipinski definition) is 0. The molecule has 0 nitrogen and oxygen atoms in total.